The van der Waals surface area contributed by atoms with E-state index in [1.54, 1.807) is 34.1 Å². The summed E-state index contributed by atoms with van der Waals surface area (Å²) in [5.41, 5.74) is 1.35. The molecule has 0 unspecified atom stereocenters. The van der Waals surface area contributed by atoms with E-state index in [1.165, 1.54) is 6.26 Å². The number of piperidine rings is 1. The Morgan fingerprint density at radius 3 is 2.48 bits per heavy atom. The molecule has 25 heavy (non-hydrogen) atoms. The van der Waals surface area contributed by atoms with Crippen LogP contribution >= 0.6 is 11.6 Å². The van der Waals surface area contributed by atoms with E-state index in [9.17, 15) is 13.2 Å². The van der Waals surface area contributed by atoms with Crippen LogP contribution in [-0.2, 0) is 9.84 Å². The first kappa shape index (κ1) is 17.9. The minimum atomic E-state index is -2.97. The quantitative estimate of drug-likeness (QED) is 0.815. The molecule has 0 saturated carbocycles. The predicted octanol–water partition coefficient (Wildman–Crippen LogP) is 2.42. The number of hydrogen-bond donors (Lipinski definition) is 0. The van der Waals surface area contributed by atoms with Gasteiger partial charge in [0.25, 0.3) is 5.91 Å². The van der Waals surface area contributed by atoms with Gasteiger partial charge in [-0.1, -0.05) is 11.6 Å². The third kappa shape index (κ3) is 4.61. The van der Waals surface area contributed by atoms with E-state index in [0.29, 0.717) is 36.5 Å². The van der Waals surface area contributed by atoms with Gasteiger partial charge in [-0.2, -0.15) is 5.10 Å². The maximum atomic E-state index is 12.6. The normalized spacial score (nSPS) is 16.2. The van der Waals surface area contributed by atoms with Crippen LogP contribution in [0.5, 0.6) is 0 Å². The van der Waals surface area contributed by atoms with Gasteiger partial charge in [-0.25, -0.2) is 13.1 Å². The van der Waals surface area contributed by atoms with Crippen LogP contribution in [0.25, 0.3) is 5.69 Å². The SMILES string of the molecule is CS(=O)(=O)CC1CCN(C(=O)c2cnn(-c3ccc(Cl)cc3)c2)CC1. The summed E-state index contributed by atoms with van der Waals surface area (Å²) in [6.07, 6.45) is 5.94. The number of halogens is 1. The number of carbonyl (C=O) groups is 1. The number of amides is 1. The Morgan fingerprint density at radius 2 is 1.88 bits per heavy atom. The summed E-state index contributed by atoms with van der Waals surface area (Å²) in [6, 6.07) is 7.21. The van der Waals surface area contributed by atoms with Gasteiger partial charge in [-0.3, -0.25) is 4.79 Å². The number of hydrogen-bond acceptors (Lipinski definition) is 4. The van der Waals surface area contributed by atoms with Crippen LogP contribution < -0.4 is 0 Å². The maximum Gasteiger partial charge on any atom is 0.257 e. The summed E-state index contributed by atoms with van der Waals surface area (Å²) >= 11 is 5.88. The summed E-state index contributed by atoms with van der Waals surface area (Å²) in [5.74, 6) is 0.262. The lowest BCUT2D eigenvalue weighted by molar-refractivity contribution is 0.0698. The molecule has 1 aliphatic heterocycles. The molecule has 0 spiro atoms. The average molecular weight is 382 g/mol. The van der Waals surface area contributed by atoms with Crippen molar-refractivity contribution in [3.8, 4) is 5.69 Å². The van der Waals surface area contributed by atoms with E-state index in [4.69, 9.17) is 11.6 Å². The summed E-state index contributed by atoms with van der Waals surface area (Å²) in [4.78, 5) is 14.4. The van der Waals surface area contributed by atoms with Crippen molar-refractivity contribution in [1.82, 2.24) is 14.7 Å². The molecule has 0 aliphatic carbocycles. The van der Waals surface area contributed by atoms with Crippen molar-refractivity contribution >= 4 is 27.3 Å². The molecular formula is C17H20ClN3O3S. The van der Waals surface area contributed by atoms with Crippen molar-refractivity contribution in [2.24, 2.45) is 5.92 Å². The fourth-order valence-corrected chi connectivity index (χ4v) is 4.40. The lowest BCUT2D eigenvalue weighted by Crippen LogP contribution is -2.39. The van der Waals surface area contributed by atoms with E-state index in [-0.39, 0.29) is 17.6 Å². The number of aromatic nitrogens is 2. The topological polar surface area (TPSA) is 72.3 Å². The second-order valence-corrected chi connectivity index (χ2v) is 9.10. The molecule has 1 amide bonds. The lowest BCUT2D eigenvalue weighted by Gasteiger charge is -2.31. The maximum absolute atomic E-state index is 12.6. The van der Waals surface area contributed by atoms with Crippen molar-refractivity contribution < 1.29 is 13.2 Å². The van der Waals surface area contributed by atoms with E-state index in [1.807, 2.05) is 12.1 Å². The van der Waals surface area contributed by atoms with E-state index < -0.39 is 9.84 Å². The summed E-state index contributed by atoms with van der Waals surface area (Å²) in [6.45, 7) is 1.15. The second kappa shape index (κ2) is 7.17. The Bertz CT molecular complexity index is 854. The zero-order valence-corrected chi connectivity index (χ0v) is 15.5. The summed E-state index contributed by atoms with van der Waals surface area (Å²) in [7, 11) is -2.97. The molecule has 6 nitrogen and oxygen atoms in total. The van der Waals surface area contributed by atoms with E-state index in [0.717, 1.165) is 5.69 Å². The van der Waals surface area contributed by atoms with Gasteiger partial charge in [0.2, 0.25) is 0 Å². The highest BCUT2D eigenvalue weighted by atomic mass is 35.5. The molecular weight excluding hydrogens is 362 g/mol. The van der Waals surface area contributed by atoms with Crippen LogP contribution in [0.3, 0.4) is 0 Å². The highest BCUT2D eigenvalue weighted by molar-refractivity contribution is 7.90. The van der Waals surface area contributed by atoms with Crippen molar-refractivity contribution in [2.75, 3.05) is 25.1 Å². The molecule has 1 aliphatic rings. The molecule has 134 valence electrons. The third-order valence-electron chi connectivity index (χ3n) is 4.36. The monoisotopic (exact) mass is 381 g/mol. The molecule has 2 heterocycles. The van der Waals surface area contributed by atoms with Crippen LogP contribution in [0.15, 0.2) is 36.7 Å². The van der Waals surface area contributed by atoms with Gasteiger partial charge in [-0.15, -0.1) is 0 Å². The molecule has 0 radical (unpaired) electrons. The van der Waals surface area contributed by atoms with Crippen molar-refractivity contribution in [1.29, 1.82) is 0 Å². The molecule has 3 rings (SSSR count). The predicted molar refractivity (Wildman–Crippen MR) is 96.9 cm³/mol. The van der Waals surface area contributed by atoms with Gasteiger partial charge in [-0.05, 0) is 43.0 Å². The summed E-state index contributed by atoms with van der Waals surface area (Å²) in [5, 5.41) is 4.88. The first-order valence-electron chi connectivity index (χ1n) is 8.09. The fraction of sp³-hybridized carbons (Fsp3) is 0.412. The molecule has 1 aromatic heterocycles. The van der Waals surface area contributed by atoms with Gasteiger partial charge >= 0.3 is 0 Å². The Labute approximate surface area is 152 Å². The van der Waals surface area contributed by atoms with Gasteiger partial charge < -0.3 is 4.90 Å². The number of likely N-dealkylation sites (tertiary alicyclic amines) is 1. The molecule has 0 N–H and O–H groups in total. The molecule has 1 saturated heterocycles. The van der Waals surface area contributed by atoms with Crippen LogP contribution in [0, 0.1) is 5.92 Å². The third-order valence-corrected chi connectivity index (χ3v) is 5.69. The molecule has 1 fully saturated rings. The number of benzene rings is 1. The fourth-order valence-electron chi connectivity index (χ4n) is 3.08. The number of carbonyl (C=O) groups excluding carboxylic acids is 1. The van der Waals surface area contributed by atoms with Gasteiger partial charge in [0, 0.05) is 30.6 Å². The Hall–Kier alpha value is -1.86. The summed E-state index contributed by atoms with van der Waals surface area (Å²) < 4.78 is 24.4. The number of rotatable bonds is 4. The second-order valence-electron chi connectivity index (χ2n) is 6.48. The average Bonchev–Trinajstić information content (AvgIpc) is 3.04. The first-order valence-corrected chi connectivity index (χ1v) is 10.5. The van der Waals surface area contributed by atoms with E-state index in [2.05, 4.69) is 5.10 Å². The number of sulfone groups is 1. The zero-order chi connectivity index (χ0) is 18.0. The van der Waals surface area contributed by atoms with E-state index >= 15 is 0 Å². The Kier molecular flexibility index (Phi) is 5.15. The lowest BCUT2D eigenvalue weighted by atomic mass is 9.98. The van der Waals surface area contributed by atoms with Gasteiger partial charge in [0.1, 0.15) is 9.84 Å². The molecule has 8 heteroatoms. The van der Waals surface area contributed by atoms with Crippen molar-refractivity contribution in [2.45, 2.75) is 12.8 Å². The van der Waals surface area contributed by atoms with Gasteiger partial charge in [0.15, 0.2) is 0 Å². The van der Waals surface area contributed by atoms with Crippen LogP contribution in [0.4, 0.5) is 0 Å². The smallest absolute Gasteiger partial charge is 0.257 e. The van der Waals surface area contributed by atoms with Crippen LogP contribution in [0.2, 0.25) is 5.02 Å². The Morgan fingerprint density at radius 1 is 1.24 bits per heavy atom. The number of nitrogens with zero attached hydrogens (tertiary/aromatic N) is 3. The molecule has 1 aromatic carbocycles. The minimum absolute atomic E-state index is 0.0713. The van der Waals surface area contributed by atoms with Crippen LogP contribution in [-0.4, -0.2) is 54.1 Å². The largest absolute Gasteiger partial charge is 0.339 e. The highest BCUT2D eigenvalue weighted by Gasteiger charge is 2.26. The van der Waals surface area contributed by atoms with Crippen molar-refractivity contribution in [3.05, 3.63) is 47.2 Å². The highest BCUT2D eigenvalue weighted by Crippen LogP contribution is 2.21. The molecule has 0 atom stereocenters. The van der Waals surface area contributed by atoms with Crippen molar-refractivity contribution in [3.63, 3.8) is 0 Å². The molecule has 2 aromatic rings. The zero-order valence-electron chi connectivity index (χ0n) is 13.9. The standard InChI is InChI=1S/C17H20ClN3O3S/c1-25(23,24)12-13-6-8-20(9-7-13)17(22)14-10-19-21(11-14)16-4-2-15(18)3-5-16/h2-5,10-11,13H,6-9,12H2,1H3. The molecule has 0 bridgehead atoms. The van der Waals surface area contributed by atoms with Gasteiger partial charge in [0.05, 0.1) is 23.2 Å². The Balaban J connectivity index is 1.64. The minimum Gasteiger partial charge on any atom is -0.339 e. The van der Waals surface area contributed by atoms with Crippen LogP contribution in [0.1, 0.15) is 23.2 Å². The first-order chi connectivity index (χ1) is 11.8.